The van der Waals surface area contributed by atoms with Crippen LogP contribution >= 0.6 is 23.2 Å². The van der Waals surface area contributed by atoms with Crippen LogP contribution in [0.2, 0.25) is 10.0 Å². The Bertz CT molecular complexity index is 970. The largest absolute Gasteiger partial charge is 0.507 e. The molecule has 0 spiro atoms. The Morgan fingerprint density at radius 3 is 2.28 bits per heavy atom. The van der Waals surface area contributed by atoms with Gasteiger partial charge in [0.2, 0.25) is 5.91 Å². The predicted octanol–water partition coefficient (Wildman–Crippen LogP) is 5.96. The highest BCUT2D eigenvalue weighted by Gasteiger charge is 2.27. The molecule has 3 N–H and O–H groups in total. The molecule has 1 aliphatic carbocycles. The van der Waals surface area contributed by atoms with Gasteiger partial charge in [0, 0.05) is 17.2 Å². The number of benzene rings is 2. The lowest BCUT2D eigenvalue weighted by Crippen LogP contribution is -2.52. The SMILES string of the molecule is CC(C)[C@H](NC(=O)c1ccc(O)c(-c2ccc(Cl)c(Cl)c2)c1)C(=O)NC1CCCCCC1. The maximum absolute atomic E-state index is 13.0. The smallest absolute Gasteiger partial charge is 0.251 e. The standard InChI is InChI=1S/C25H30Cl2N2O3/c1-15(2)23(25(32)28-18-7-5-3-4-6-8-18)29-24(31)17-10-12-22(30)19(13-17)16-9-11-20(26)21(27)14-16/h9-15,18,23,30H,3-8H2,1-2H3,(H,28,32)(H,29,31)/t23-/m0/s1. The van der Waals surface area contributed by atoms with Crippen molar-refractivity contribution in [2.24, 2.45) is 5.92 Å². The number of phenolic OH excluding ortho intramolecular Hbond substituents is 1. The zero-order chi connectivity index (χ0) is 23.3. The van der Waals surface area contributed by atoms with Crippen molar-refractivity contribution in [1.82, 2.24) is 10.6 Å². The van der Waals surface area contributed by atoms with Crippen molar-refractivity contribution in [3.8, 4) is 16.9 Å². The highest BCUT2D eigenvalue weighted by molar-refractivity contribution is 6.42. The number of carbonyl (C=O) groups is 2. The van der Waals surface area contributed by atoms with Gasteiger partial charge >= 0.3 is 0 Å². The summed E-state index contributed by atoms with van der Waals surface area (Å²) in [5.74, 6) is -0.576. The third-order valence-corrected chi connectivity index (χ3v) is 6.67. The summed E-state index contributed by atoms with van der Waals surface area (Å²) in [7, 11) is 0. The maximum atomic E-state index is 13.0. The Balaban J connectivity index is 1.76. The minimum absolute atomic E-state index is 0.0199. The molecule has 0 aromatic heterocycles. The number of aromatic hydroxyl groups is 1. The molecule has 0 bridgehead atoms. The first kappa shape index (κ1) is 24.4. The molecule has 0 unspecified atom stereocenters. The summed E-state index contributed by atoms with van der Waals surface area (Å²) in [4.78, 5) is 26.0. The van der Waals surface area contributed by atoms with Gasteiger partial charge < -0.3 is 15.7 Å². The number of carbonyl (C=O) groups excluding carboxylic acids is 2. The van der Waals surface area contributed by atoms with Crippen molar-refractivity contribution in [2.75, 3.05) is 0 Å². The molecule has 1 atom stereocenters. The Labute approximate surface area is 199 Å². The van der Waals surface area contributed by atoms with E-state index < -0.39 is 6.04 Å². The van der Waals surface area contributed by atoms with Gasteiger partial charge in [-0.3, -0.25) is 9.59 Å². The first-order valence-electron chi connectivity index (χ1n) is 11.2. The lowest BCUT2D eigenvalue weighted by Gasteiger charge is -2.25. The first-order valence-corrected chi connectivity index (χ1v) is 11.9. The molecule has 7 heteroatoms. The zero-order valence-corrected chi connectivity index (χ0v) is 20.0. The van der Waals surface area contributed by atoms with Crippen molar-refractivity contribution in [3.05, 3.63) is 52.0 Å². The van der Waals surface area contributed by atoms with Crippen LogP contribution in [0.15, 0.2) is 36.4 Å². The molecular formula is C25H30Cl2N2O3. The Morgan fingerprint density at radius 1 is 0.969 bits per heavy atom. The third kappa shape index (κ3) is 6.17. The zero-order valence-electron chi connectivity index (χ0n) is 18.5. The van der Waals surface area contributed by atoms with E-state index in [0.717, 1.165) is 25.7 Å². The number of hydrogen-bond donors (Lipinski definition) is 3. The van der Waals surface area contributed by atoms with Gasteiger partial charge in [-0.2, -0.15) is 0 Å². The van der Waals surface area contributed by atoms with Gasteiger partial charge in [-0.15, -0.1) is 0 Å². The summed E-state index contributed by atoms with van der Waals surface area (Å²) in [6.45, 7) is 3.82. The minimum Gasteiger partial charge on any atom is -0.507 e. The fourth-order valence-corrected chi connectivity index (χ4v) is 4.34. The van der Waals surface area contributed by atoms with E-state index in [0.29, 0.717) is 26.7 Å². The second kappa shape index (κ2) is 11.1. The average molecular weight is 477 g/mol. The first-order chi connectivity index (χ1) is 15.3. The summed E-state index contributed by atoms with van der Waals surface area (Å²) >= 11 is 12.1. The molecular weight excluding hydrogens is 447 g/mol. The quantitative estimate of drug-likeness (QED) is 0.450. The Morgan fingerprint density at radius 2 is 1.66 bits per heavy atom. The van der Waals surface area contributed by atoms with Crippen molar-refractivity contribution in [1.29, 1.82) is 0 Å². The number of halogens is 2. The monoisotopic (exact) mass is 476 g/mol. The second-order valence-electron chi connectivity index (χ2n) is 8.75. The minimum atomic E-state index is -0.645. The van der Waals surface area contributed by atoms with Crippen LogP contribution in [-0.4, -0.2) is 29.0 Å². The van der Waals surface area contributed by atoms with E-state index >= 15 is 0 Å². The number of amides is 2. The number of hydrogen-bond acceptors (Lipinski definition) is 3. The number of nitrogens with one attached hydrogen (secondary N) is 2. The van der Waals surface area contributed by atoms with E-state index in [2.05, 4.69) is 10.6 Å². The highest BCUT2D eigenvalue weighted by atomic mass is 35.5. The van der Waals surface area contributed by atoms with Crippen LogP contribution in [0.5, 0.6) is 5.75 Å². The third-order valence-electron chi connectivity index (χ3n) is 5.93. The summed E-state index contributed by atoms with van der Waals surface area (Å²) in [5, 5.41) is 17.1. The van der Waals surface area contributed by atoms with Crippen LogP contribution in [0, 0.1) is 5.92 Å². The van der Waals surface area contributed by atoms with Gasteiger partial charge in [0.25, 0.3) is 5.91 Å². The molecule has 32 heavy (non-hydrogen) atoms. The van der Waals surface area contributed by atoms with Crippen LogP contribution < -0.4 is 10.6 Å². The van der Waals surface area contributed by atoms with E-state index in [1.807, 2.05) is 13.8 Å². The molecule has 5 nitrogen and oxygen atoms in total. The lowest BCUT2D eigenvalue weighted by atomic mass is 9.99. The fraction of sp³-hybridized carbons (Fsp3) is 0.440. The Hall–Kier alpha value is -2.24. The summed E-state index contributed by atoms with van der Waals surface area (Å²) in [6.07, 6.45) is 6.62. The molecule has 2 aromatic rings. The van der Waals surface area contributed by atoms with E-state index in [-0.39, 0.29) is 29.5 Å². The molecule has 1 fully saturated rings. The van der Waals surface area contributed by atoms with E-state index in [1.54, 1.807) is 24.3 Å². The highest BCUT2D eigenvalue weighted by Crippen LogP contribution is 2.34. The van der Waals surface area contributed by atoms with E-state index in [4.69, 9.17) is 23.2 Å². The average Bonchev–Trinajstić information content (AvgIpc) is 3.02. The van der Waals surface area contributed by atoms with Crippen LogP contribution in [-0.2, 0) is 4.79 Å². The van der Waals surface area contributed by atoms with Gasteiger partial charge in [0.1, 0.15) is 11.8 Å². The van der Waals surface area contributed by atoms with Gasteiger partial charge in [0.15, 0.2) is 0 Å². The molecule has 1 saturated carbocycles. The summed E-state index contributed by atoms with van der Waals surface area (Å²) in [5.41, 5.74) is 1.44. The summed E-state index contributed by atoms with van der Waals surface area (Å²) < 4.78 is 0. The summed E-state index contributed by atoms with van der Waals surface area (Å²) in [6, 6.07) is 9.10. The fourth-order valence-electron chi connectivity index (χ4n) is 4.05. The number of rotatable bonds is 6. The van der Waals surface area contributed by atoms with Crippen LogP contribution in [0.25, 0.3) is 11.1 Å². The van der Waals surface area contributed by atoms with Crippen molar-refractivity contribution < 1.29 is 14.7 Å². The van der Waals surface area contributed by atoms with E-state index in [9.17, 15) is 14.7 Å². The van der Waals surface area contributed by atoms with Crippen LogP contribution in [0.1, 0.15) is 62.7 Å². The lowest BCUT2D eigenvalue weighted by molar-refractivity contribution is -0.124. The molecule has 0 saturated heterocycles. The topological polar surface area (TPSA) is 78.4 Å². The molecule has 1 aliphatic rings. The van der Waals surface area contributed by atoms with Crippen molar-refractivity contribution >= 4 is 35.0 Å². The predicted molar refractivity (Wildman–Crippen MR) is 129 cm³/mol. The van der Waals surface area contributed by atoms with Gasteiger partial charge in [-0.1, -0.05) is 68.8 Å². The van der Waals surface area contributed by atoms with Crippen molar-refractivity contribution in [2.45, 2.75) is 64.5 Å². The second-order valence-corrected chi connectivity index (χ2v) is 9.57. The van der Waals surface area contributed by atoms with Crippen molar-refractivity contribution in [3.63, 3.8) is 0 Å². The Kier molecular flexibility index (Phi) is 8.44. The molecule has 0 aliphatic heterocycles. The molecule has 3 rings (SSSR count). The molecule has 0 radical (unpaired) electrons. The van der Waals surface area contributed by atoms with Crippen LogP contribution in [0.4, 0.5) is 0 Å². The molecule has 172 valence electrons. The van der Waals surface area contributed by atoms with Gasteiger partial charge in [-0.25, -0.2) is 0 Å². The van der Waals surface area contributed by atoms with Crippen LogP contribution in [0.3, 0.4) is 0 Å². The van der Waals surface area contributed by atoms with E-state index in [1.165, 1.54) is 25.0 Å². The normalized spacial score (nSPS) is 15.8. The van der Waals surface area contributed by atoms with Gasteiger partial charge in [-0.05, 0) is 54.7 Å². The molecule has 2 aromatic carbocycles. The molecule has 0 heterocycles. The molecule has 2 amide bonds. The maximum Gasteiger partial charge on any atom is 0.251 e. The van der Waals surface area contributed by atoms with Gasteiger partial charge in [0.05, 0.1) is 10.0 Å². The number of phenols is 1.